The first-order chi connectivity index (χ1) is 7.69. The lowest BCUT2D eigenvalue weighted by atomic mass is 10.2. The van der Waals surface area contributed by atoms with Gasteiger partial charge in [0.25, 0.3) is 0 Å². The fraction of sp³-hybridized carbons (Fsp3) is 0.100. The van der Waals surface area contributed by atoms with E-state index in [1.54, 1.807) is 12.1 Å². The van der Waals surface area contributed by atoms with Crippen LogP contribution in [0.5, 0.6) is 0 Å². The smallest absolute Gasteiger partial charge is 0.179 e. The van der Waals surface area contributed by atoms with Crippen molar-refractivity contribution in [1.82, 2.24) is 10.2 Å². The van der Waals surface area contributed by atoms with Crippen LogP contribution >= 0.6 is 23.1 Å². The Kier molecular flexibility index (Phi) is 3.08. The number of nitriles is 1. The van der Waals surface area contributed by atoms with Crippen LogP contribution in [0.15, 0.2) is 27.4 Å². The summed E-state index contributed by atoms with van der Waals surface area (Å²) in [5, 5.41) is 17.6. The van der Waals surface area contributed by atoms with E-state index in [9.17, 15) is 0 Å². The Morgan fingerprint density at radius 1 is 1.44 bits per heavy atom. The lowest BCUT2D eigenvalue weighted by molar-refractivity contribution is 0.984. The number of nitrogen functional groups attached to an aromatic ring is 1. The topological polar surface area (TPSA) is 75.6 Å². The second-order valence-electron chi connectivity index (χ2n) is 3.05. The third kappa shape index (κ3) is 2.32. The predicted octanol–water partition coefficient (Wildman–Crippen LogP) is 2.45. The zero-order chi connectivity index (χ0) is 11.5. The molecule has 2 aromatic rings. The second-order valence-corrected chi connectivity index (χ2v) is 5.55. The van der Waals surface area contributed by atoms with Crippen molar-refractivity contribution in [3.63, 3.8) is 0 Å². The molecule has 0 saturated heterocycles. The van der Waals surface area contributed by atoms with Gasteiger partial charge in [-0.3, -0.25) is 0 Å². The molecule has 0 aliphatic rings. The Hall–Kier alpha value is -1.58. The summed E-state index contributed by atoms with van der Waals surface area (Å²) < 4.78 is 0.876. The largest absolute Gasteiger partial charge is 0.398 e. The van der Waals surface area contributed by atoms with Crippen LogP contribution in [0.3, 0.4) is 0 Å². The average molecular weight is 248 g/mol. The van der Waals surface area contributed by atoms with Gasteiger partial charge in [-0.1, -0.05) is 23.1 Å². The summed E-state index contributed by atoms with van der Waals surface area (Å²) in [6.07, 6.45) is 0. The van der Waals surface area contributed by atoms with Crippen molar-refractivity contribution in [3.05, 3.63) is 28.8 Å². The second kappa shape index (κ2) is 4.51. The van der Waals surface area contributed by atoms with Gasteiger partial charge in [-0.15, -0.1) is 10.2 Å². The molecule has 2 rings (SSSR count). The molecule has 0 amide bonds. The lowest BCUT2D eigenvalue weighted by Gasteiger charge is -2.00. The first kappa shape index (κ1) is 10.9. The van der Waals surface area contributed by atoms with E-state index in [-0.39, 0.29) is 0 Å². The Bertz CT molecular complexity index is 556. The number of anilines is 1. The Labute approximate surface area is 101 Å². The molecule has 80 valence electrons. The van der Waals surface area contributed by atoms with Crippen molar-refractivity contribution < 1.29 is 0 Å². The summed E-state index contributed by atoms with van der Waals surface area (Å²) in [6.45, 7) is 1.91. The van der Waals surface area contributed by atoms with E-state index >= 15 is 0 Å². The number of hydrogen-bond donors (Lipinski definition) is 1. The molecule has 0 atom stereocenters. The van der Waals surface area contributed by atoms with E-state index in [0.29, 0.717) is 11.3 Å². The first-order valence-corrected chi connectivity index (χ1v) is 6.10. The van der Waals surface area contributed by atoms with Crippen LogP contribution in [0.2, 0.25) is 0 Å². The summed E-state index contributed by atoms with van der Waals surface area (Å²) in [5.74, 6) is 0. The average Bonchev–Trinajstić information content (AvgIpc) is 2.64. The summed E-state index contributed by atoms with van der Waals surface area (Å²) in [7, 11) is 0. The highest BCUT2D eigenvalue weighted by Gasteiger charge is 2.05. The zero-order valence-corrected chi connectivity index (χ0v) is 10.1. The van der Waals surface area contributed by atoms with Crippen LogP contribution in [0.1, 0.15) is 10.6 Å². The highest BCUT2D eigenvalue weighted by atomic mass is 32.2. The van der Waals surface area contributed by atoms with E-state index in [0.717, 1.165) is 14.2 Å². The standard InChI is InChI=1S/C10H8N4S2/c1-6-13-14-10(15-6)16-8-3-2-7(5-11)9(12)4-8/h2-4H,12H2,1H3. The number of nitrogens with zero attached hydrogens (tertiary/aromatic N) is 3. The fourth-order valence-electron chi connectivity index (χ4n) is 1.13. The third-order valence-corrected chi connectivity index (χ3v) is 3.74. The summed E-state index contributed by atoms with van der Waals surface area (Å²) >= 11 is 3.03. The summed E-state index contributed by atoms with van der Waals surface area (Å²) in [6, 6.07) is 7.38. The van der Waals surface area contributed by atoms with E-state index < -0.39 is 0 Å². The Morgan fingerprint density at radius 2 is 2.25 bits per heavy atom. The van der Waals surface area contributed by atoms with Crippen LogP contribution in [-0.4, -0.2) is 10.2 Å². The van der Waals surface area contributed by atoms with Gasteiger partial charge in [-0.25, -0.2) is 0 Å². The monoisotopic (exact) mass is 248 g/mol. The van der Waals surface area contributed by atoms with E-state index in [4.69, 9.17) is 11.0 Å². The number of aryl methyl sites for hydroxylation is 1. The van der Waals surface area contributed by atoms with Gasteiger partial charge in [0.2, 0.25) is 0 Å². The molecular weight excluding hydrogens is 240 g/mol. The van der Waals surface area contributed by atoms with Gasteiger partial charge in [-0.2, -0.15) is 5.26 Å². The zero-order valence-electron chi connectivity index (χ0n) is 8.47. The minimum absolute atomic E-state index is 0.494. The van der Waals surface area contributed by atoms with Gasteiger partial charge >= 0.3 is 0 Å². The molecule has 0 spiro atoms. The molecule has 6 heteroatoms. The van der Waals surface area contributed by atoms with Crippen LogP contribution in [0.4, 0.5) is 5.69 Å². The number of nitrogens with two attached hydrogens (primary N) is 1. The van der Waals surface area contributed by atoms with Gasteiger partial charge in [0, 0.05) is 4.90 Å². The fourth-order valence-corrected chi connectivity index (χ4v) is 2.97. The third-order valence-electron chi connectivity index (χ3n) is 1.86. The molecule has 0 unspecified atom stereocenters. The molecule has 16 heavy (non-hydrogen) atoms. The van der Waals surface area contributed by atoms with Gasteiger partial charge < -0.3 is 5.73 Å². The normalized spacial score (nSPS) is 10.0. The molecule has 2 N–H and O–H groups in total. The molecular formula is C10H8N4S2. The van der Waals surface area contributed by atoms with Crippen LogP contribution in [-0.2, 0) is 0 Å². The van der Waals surface area contributed by atoms with Gasteiger partial charge in [0.05, 0.1) is 11.3 Å². The van der Waals surface area contributed by atoms with Gasteiger partial charge in [0.1, 0.15) is 11.1 Å². The van der Waals surface area contributed by atoms with E-state index in [1.807, 2.05) is 19.1 Å². The minimum atomic E-state index is 0.494. The number of hydrogen-bond acceptors (Lipinski definition) is 6. The number of aromatic nitrogens is 2. The molecule has 0 aliphatic carbocycles. The van der Waals surface area contributed by atoms with Crippen LogP contribution < -0.4 is 5.73 Å². The first-order valence-electron chi connectivity index (χ1n) is 4.46. The highest BCUT2D eigenvalue weighted by Crippen LogP contribution is 2.31. The molecule has 1 heterocycles. The molecule has 4 nitrogen and oxygen atoms in total. The van der Waals surface area contributed by atoms with Crippen molar-refractivity contribution in [1.29, 1.82) is 5.26 Å². The minimum Gasteiger partial charge on any atom is -0.398 e. The van der Waals surface area contributed by atoms with Crippen molar-refractivity contribution in [2.45, 2.75) is 16.2 Å². The maximum absolute atomic E-state index is 8.75. The predicted molar refractivity (Wildman–Crippen MR) is 64.3 cm³/mol. The maximum Gasteiger partial charge on any atom is 0.179 e. The Balaban J connectivity index is 2.23. The maximum atomic E-state index is 8.75. The molecule has 0 radical (unpaired) electrons. The highest BCUT2D eigenvalue weighted by molar-refractivity contribution is 8.01. The van der Waals surface area contributed by atoms with Crippen LogP contribution in [0.25, 0.3) is 0 Å². The molecule has 1 aromatic heterocycles. The molecule has 1 aromatic carbocycles. The van der Waals surface area contributed by atoms with Crippen molar-refractivity contribution in [2.24, 2.45) is 0 Å². The van der Waals surface area contributed by atoms with Crippen LogP contribution in [0, 0.1) is 18.3 Å². The van der Waals surface area contributed by atoms with Crippen molar-refractivity contribution in [3.8, 4) is 6.07 Å². The number of benzene rings is 1. The SMILES string of the molecule is Cc1nnc(Sc2ccc(C#N)c(N)c2)s1. The summed E-state index contributed by atoms with van der Waals surface area (Å²) in [4.78, 5) is 0.965. The molecule has 0 fully saturated rings. The van der Waals surface area contributed by atoms with E-state index in [2.05, 4.69) is 10.2 Å². The Morgan fingerprint density at radius 3 is 2.81 bits per heavy atom. The molecule has 0 aliphatic heterocycles. The summed E-state index contributed by atoms with van der Waals surface area (Å²) in [5.41, 5.74) is 6.71. The quantitative estimate of drug-likeness (QED) is 0.826. The van der Waals surface area contributed by atoms with Crippen molar-refractivity contribution in [2.75, 3.05) is 5.73 Å². The molecule has 0 bridgehead atoms. The lowest BCUT2D eigenvalue weighted by Crippen LogP contribution is -1.89. The van der Waals surface area contributed by atoms with Gasteiger partial charge in [-0.05, 0) is 25.1 Å². The molecule has 0 saturated carbocycles. The van der Waals surface area contributed by atoms with E-state index in [1.165, 1.54) is 23.1 Å². The number of rotatable bonds is 2. The van der Waals surface area contributed by atoms with Crippen molar-refractivity contribution >= 4 is 28.8 Å². The van der Waals surface area contributed by atoms with Gasteiger partial charge in [0.15, 0.2) is 4.34 Å².